The van der Waals surface area contributed by atoms with Gasteiger partial charge in [-0.1, -0.05) is 66.2 Å². The van der Waals surface area contributed by atoms with Crippen molar-refractivity contribution in [1.82, 2.24) is 5.43 Å². The van der Waals surface area contributed by atoms with Crippen LogP contribution < -0.4 is 9.73 Å². The molecule has 0 saturated heterocycles. The van der Waals surface area contributed by atoms with Crippen LogP contribution in [0.15, 0.2) is 94.9 Å². The van der Waals surface area contributed by atoms with Crippen molar-refractivity contribution in [2.75, 3.05) is 10.8 Å². The van der Waals surface area contributed by atoms with Gasteiger partial charge in [0.25, 0.3) is 15.9 Å². The van der Waals surface area contributed by atoms with Crippen LogP contribution in [0.1, 0.15) is 11.1 Å². The van der Waals surface area contributed by atoms with Gasteiger partial charge in [-0.25, -0.2) is 13.8 Å². The van der Waals surface area contributed by atoms with Crippen molar-refractivity contribution in [3.8, 4) is 0 Å². The smallest absolute Gasteiger partial charge is 0.264 e. The highest BCUT2D eigenvalue weighted by molar-refractivity contribution is 7.92. The molecule has 0 aromatic heterocycles. The van der Waals surface area contributed by atoms with Crippen molar-refractivity contribution >= 4 is 27.8 Å². The molecule has 3 rings (SSSR count). The standard InChI is InChI=1S/C22H21N3O3S/c1-18-9-8-10-19(15-18)16-23-24-22(26)17-25(20-11-4-2-5-12-20)29(27,28)21-13-6-3-7-14-21/h2-16H,17H2,1H3,(H,24,26)/b23-16-. The first kappa shape index (κ1) is 20.3. The van der Waals surface area contributed by atoms with E-state index >= 15 is 0 Å². The van der Waals surface area contributed by atoms with Crippen LogP contribution in [-0.4, -0.2) is 27.1 Å². The molecule has 7 heteroatoms. The highest BCUT2D eigenvalue weighted by Gasteiger charge is 2.26. The van der Waals surface area contributed by atoms with Gasteiger partial charge in [0.05, 0.1) is 16.8 Å². The lowest BCUT2D eigenvalue weighted by molar-refractivity contribution is -0.119. The lowest BCUT2D eigenvalue weighted by atomic mass is 10.2. The molecule has 29 heavy (non-hydrogen) atoms. The van der Waals surface area contributed by atoms with Gasteiger partial charge in [0.15, 0.2) is 0 Å². The average Bonchev–Trinajstić information content (AvgIpc) is 2.73. The maximum atomic E-state index is 13.1. The Hall–Kier alpha value is -3.45. The number of carbonyl (C=O) groups excluding carboxylic acids is 1. The quantitative estimate of drug-likeness (QED) is 0.482. The van der Waals surface area contributed by atoms with Gasteiger partial charge in [0.2, 0.25) is 0 Å². The summed E-state index contributed by atoms with van der Waals surface area (Å²) in [5, 5.41) is 3.94. The summed E-state index contributed by atoms with van der Waals surface area (Å²) in [5.41, 5.74) is 4.71. The molecule has 0 aliphatic heterocycles. The van der Waals surface area contributed by atoms with Crippen LogP contribution >= 0.6 is 0 Å². The Morgan fingerprint density at radius 3 is 2.28 bits per heavy atom. The van der Waals surface area contributed by atoms with Gasteiger partial charge < -0.3 is 0 Å². The van der Waals surface area contributed by atoms with Crippen molar-refractivity contribution in [2.45, 2.75) is 11.8 Å². The van der Waals surface area contributed by atoms with E-state index in [0.29, 0.717) is 5.69 Å². The first-order chi connectivity index (χ1) is 14.0. The lowest BCUT2D eigenvalue weighted by Crippen LogP contribution is -2.39. The summed E-state index contributed by atoms with van der Waals surface area (Å²) in [6.07, 6.45) is 1.52. The summed E-state index contributed by atoms with van der Waals surface area (Å²) in [5.74, 6) is -0.544. The first-order valence-corrected chi connectivity index (χ1v) is 10.4. The number of para-hydroxylation sites is 1. The Bertz CT molecular complexity index is 1100. The molecule has 148 valence electrons. The minimum absolute atomic E-state index is 0.111. The van der Waals surface area contributed by atoms with Crippen LogP contribution in [-0.2, 0) is 14.8 Å². The highest BCUT2D eigenvalue weighted by atomic mass is 32.2. The molecule has 0 unspecified atom stereocenters. The average molecular weight is 407 g/mol. The molecule has 1 amide bonds. The molecule has 0 spiro atoms. The van der Waals surface area contributed by atoms with E-state index in [0.717, 1.165) is 15.4 Å². The number of benzene rings is 3. The number of amides is 1. The molecule has 0 aliphatic carbocycles. The van der Waals surface area contributed by atoms with E-state index in [-0.39, 0.29) is 4.90 Å². The number of anilines is 1. The zero-order valence-corrected chi connectivity index (χ0v) is 16.7. The highest BCUT2D eigenvalue weighted by Crippen LogP contribution is 2.23. The van der Waals surface area contributed by atoms with Crippen molar-refractivity contribution in [2.24, 2.45) is 5.10 Å². The third-order valence-electron chi connectivity index (χ3n) is 4.11. The fraction of sp³-hybridized carbons (Fsp3) is 0.0909. The second-order valence-electron chi connectivity index (χ2n) is 6.37. The normalized spacial score (nSPS) is 11.3. The topological polar surface area (TPSA) is 78.8 Å². The number of nitrogens with one attached hydrogen (secondary N) is 1. The molecule has 0 fully saturated rings. The Labute approximate surface area is 170 Å². The summed E-state index contributed by atoms with van der Waals surface area (Å²) in [6.45, 7) is 1.56. The van der Waals surface area contributed by atoms with Crippen LogP contribution in [0.25, 0.3) is 0 Å². The SMILES string of the molecule is Cc1cccc(/C=N\NC(=O)CN(c2ccccc2)S(=O)(=O)c2ccccc2)c1. The predicted octanol–water partition coefficient (Wildman–Crippen LogP) is 3.34. The molecule has 0 saturated carbocycles. The minimum Gasteiger partial charge on any atom is -0.271 e. The molecule has 0 aliphatic rings. The number of carbonyl (C=O) groups is 1. The van der Waals surface area contributed by atoms with Crippen molar-refractivity contribution in [3.63, 3.8) is 0 Å². The van der Waals surface area contributed by atoms with Crippen molar-refractivity contribution in [3.05, 3.63) is 96.1 Å². The number of hydrogen-bond acceptors (Lipinski definition) is 4. The zero-order valence-electron chi connectivity index (χ0n) is 15.9. The van der Waals surface area contributed by atoms with Gasteiger partial charge in [0, 0.05) is 0 Å². The second kappa shape index (κ2) is 9.16. The number of hydrazone groups is 1. The maximum Gasteiger partial charge on any atom is 0.264 e. The molecular formula is C22H21N3O3S. The molecule has 0 heterocycles. The fourth-order valence-corrected chi connectivity index (χ4v) is 4.17. The van der Waals surface area contributed by atoms with Crippen LogP contribution in [0.4, 0.5) is 5.69 Å². The molecular weight excluding hydrogens is 386 g/mol. The number of rotatable bonds is 7. The van der Waals surface area contributed by atoms with Gasteiger partial charge in [-0.05, 0) is 36.8 Å². The zero-order chi connectivity index (χ0) is 20.7. The molecule has 3 aromatic rings. The van der Waals surface area contributed by atoms with Crippen molar-refractivity contribution < 1.29 is 13.2 Å². The van der Waals surface area contributed by atoms with Gasteiger partial charge in [-0.15, -0.1) is 0 Å². The largest absolute Gasteiger partial charge is 0.271 e. The first-order valence-electron chi connectivity index (χ1n) is 8.98. The Morgan fingerprint density at radius 2 is 1.62 bits per heavy atom. The predicted molar refractivity (Wildman–Crippen MR) is 114 cm³/mol. The van der Waals surface area contributed by atoms with Crippen LogP contribution in [0.2, 0.25) is 0 Å². The summed E-state index contributed by atoms with van der Waals surface area (Å²) < 4.78 is 27.3. The van der Waals surface area contributed by atoms with Crippen LogP contribution in [0.5, 0.6) is 0 Å². The maximum absolute atomic E-state index is 13.1. The van der Waals surface area contributed by atoms with Gasteiger partial charge in [-0.3, -0.25) is 9.10 Å². The van der Waals surface area contributed by atoms with E-state index in [1.807, 2.05) is 31.2 Å². The number of aryl methyl sites for hydroxylation is 1. The van der Waals surface area contributed by atoms with Crippen molar-refractivity contribution in [1.29, 1.82) is 0 Å². The van der Waals surface area contributed by atoms with E-state index in [1.165, 1.54) is 18.3 Å². The molecule has 1 N–H and O–H groups in total. The Kier molecular flexibility index (Phi) is 6.41. The van der Waals surface area contributed by atoms with Gasteiger partial charge in [0.1, 0.15) is 6.54 Å². The van der Waals surface area contributed by atoms with E-state index in [1.54, 1.807) is 48.5 Å². The summed E-state index contributed by atoms with van der Waals surface area (Å²) in [6, 6.07) is 24.2. The van der Waals surface area contributed by atoms with E-state index < -0.39 is 22.5 Å². The molecule has 3 aromatic carbocycles. The third kappa shape index (κ3) is 5.30. The van der Waals surface area contributed by atoms with Gasteiger partial charge in [-0.2, -0.15) is 5.10 Å². The summed E-state index contributed by atoms with van der Waals surface area (Å²) >= 11 is 0. The fourth-order valence-electron chi connectivity index (χ4n) is 2.72. The monoisotopic (exact) mass is 407 g/mol. The number of sulfonamides is 1. The molecule has 0 bridgehead atoms. The number of hydrogen-bond donors (Lipinski definition) is 1. The van der Waals surface area contributed by atoms with E-state index in [2.05, 4.69) is 10.5 Å². The third-order valence-corrected chi connectivity index (χ3v) is 5.90. The van der Waals surface area contributed by atoms with Gasteiger partial charge >= 0.3 is 0 Å². The molecule has 0 radical (unpaired) electrons. The summed E-state index contributed by atoms with van der Waals surface area (Å²) in [4.78, 5) is 12.5. The summed E-state index contributed by atoms with van der Waals surface area (Å²) in [7, 11) is -3.91. The second-order valence-corrected chi connectivity index (χ2v) is 8.23. The number of nitrogens with zero attached hydrogens (tertiary/aromatic N) is 2. The van der Waals surface area contributed by atoms with Crippen LogP contribution in [0, 0.1) is 6.92 Å². The molecule has 6 nitrogen and oxygen atoms in total. The lowest BCUT2D eigenvalue weighted by Gasteiger charge is -2.23. The molecule has 0 atom stereocenters. The Morgan fingerprint density at radius 1 is 0.966 bits per heavy atom. The van der Waals surface area contributed by atoms with Crippen LogP contribution in [0.3, 0.4) is 0 Å². The Balaban J connectivity index is 1.79. The minimum atomic E-state index is -3.91. The van der Waals surface area contributed by atoms with E-state index in [4.69, 9.17) is 0 Å². The van der Waals surface area contributed by atoms with E-state index in [9.17, 15) is 13.2 Å².